The van der Waals surface area contributed by atoms with Crippen LogP contribution >= 0.6 is 0 Å². The van der Waals surface area contributed by atoms with Crippen molar-refractivity contribution in [2.75, 3.05) is 13.2 Å². The van der Waals surface area contributed by atoms with E-state index >= 15 is 0 Å². The van der Waals surface area contributed by atoms with E-state index in [1.165, 1.54) is 5.56 Å². The Balaban J connectivity index is 1.87. The molecule has 19 heavy (non-hydrogen) atoms. The molecule has 4 heteroatoms. The molecule has 1 aromatic heterocycles. The van der Waals surface area contributed by atoms with Crippen LogP contribution in [0.25, 0.3) is 11.3 Å². The number of H-pyrrole nitrogens is 1. The van der Waals surface area contributed by atoms with Gasteiger partial charge in [-0.05, 0) is 19.4 Å². The zero-order chi connectivity index (χ0) is 13.5. The van der Waals surface area contributed by atoms with Crippen molar-refractivity contribution < 1.29 is 4.74 Å². The number of benzene rings is 1. The minimum Gasteiger partial charge on any atom is -0.377 e. The van der Waals surface area contributed by atoms with Crippen molar-refractivity contribution in [2.45, 2.75) is 26.5 Å². The highest BCUT2D eigenvalue weighted by molar-refractivity contribution is 5.62. The maximum absolute atomic E-state index is 5.49. The molecule has 0 radical (unpaired) electrons. The Morgan fingerprint density at radius 1 is 1.26 bits per heavy atom. The van der Waals surface area contributed by atoms with E-state index in [4.69, 9.17) is 4.74 Å². The SMILES string of the molecule is CC(C)OCCNCc1cn[nH]c1-c1ccccc1. The fraction of sp³-hybridized carbons (Fsp3) is 0.400. The van der Waals surface area contributed by atoms with Crippen LogP contribution in [-0.2, 0) is 11.3 Å². The second kappa shape index (κ2) is 7.07. The van der Waals surface area contributed by atoms with E-state index < -0.39 is 0 Å². The lowest BCUT2D eigenvalue weighted by molar-refractivity contribution is 0.0807. The van der Waals surface area contributed by atoms with E-state index in [9.17, 15) is 0 Å². The average molecular weight is 259 g/mol. The summed E-state index contributed by atoms with van der Waals surface area (Å²) in [5, 5.41) is 10.6. The summed E-state index contributed by atoms with van der Waals surface area (Å²) in [5.74, 6) is 0. The van der Waals surface area contributed by atoms with Crippen molar-refractivity contribution in [1.82, 2.24) is 15.5 Å². The molecular formula is C15H21N3O. The summed E-state index contributed by atoms with van der Waals surface area (Å²) in [6.07, 6.45) is 2.16. The van der Waals surface area contributed by atoms with Crippen LogP contribution in [-0.4, -0.2) is 29.5 Å². The normalized spacial score (nSPS) is 11.1. The number of nitrogens with zero attached hydrogens (tertiary/aromatic N) is 1. The van der Waals surface area contributed by atoms with Gasteiger partial charge < -0.3 is 10.1 Å². The van der Waals surface area contributed by atoms with E-state index in [-0.39, 0.29) is 6.10 Å². The molecule has 1 aromatic carbocycles. The third-order valence-corrected chi connectivity index (χ3v) is 2.83. The summed E-state index contributed by atoms with van der Waals surface area (Å²) in [6, 6.07) is 10.2. The maximum Gasteiger partial charge on any atom is 0.0695 e. The molecule has 0 amide bonds. The minimum atomic E-state index is 0.288. The first-order valence-electron chi connectivity index (χ1n) is 6.67. The van der Waals surface area contributed by atoms with E-state index in [0.29, 0.717) is 0 Å². The van der Waals surface area contributed by atoms with Crippen molar-refractivity contribution in [3.05, 3.63) is 42.1 Å². The molecule has 2 N–H and O–H groups in total. The van der Waals surface area contributed by atoms with Crippen LogP contribution in [0.4, 0.5) is 0 Å². The van der Waals surface area contributed by atoms with Gasteiger partial charge in [0.2, 0.25) is 0 Å². The summed E-state index contributed by atoms with van der Waals surface area (Å²) in [5.41, 5.74) is 3.42. The number of ether oxygens (including phenoxy) is 1. The molecule has 0 bridgehead atoms. The summed E-state index contributed by atoms with van der Waals surface area (Å²) in [7, 11) is 0. The van der Waals surface area contributed by atoms with Crippen molar-refractivity contribution in [3.63, 3.8) is 0 Å². The predicted molar refractivity (Wildman–Crippen MR) is 76.8 cm³/mol. The molecule has 0 fully saturated rings. The monoisotopic (exact) mass is 259 g/mol. The van der Waals surface area contributed by atoms with E-state index in [1.54, 1.807) is 0 Å². The van der Waals surface area contributed by atoms with Gasteiger partial charge in [-0.2, -0.15) is 5.10 Å². The fourth-order valence-corrected chi connectivity index (χ4v) is 1.89. The second-order valence-electron chi connectivity index (χ2n) is 4.73. The highest BCUT2D eigenvalue weighted by atomic mass is 16.5. The van der Waals surface area contributed by atoms with Crippen LogP contribution in [0.5, 0.6) is 0 Å². The topological polar surface area (TPSA) is 49.9 Å². The maximum atomic E-state index is 5.49. The van der Waals surface area contributed by atoms with Gasteiger partial charge >= 0.3 is 0 Å². The van der Waals surface area contributed by atoms with E-state index in [2.05, 4.69) is 27.6 Å². The van der Waals surface area contributed by atoms with Gasteiger partial charge in [0, 0.05) is 18.7 Å². The molecule has 0 aliphatic carbocycles. The van der Waals surface area contributed by atoms with Crippen molar-refractivity contribution in [1.29, 1.82) is 0 Å². The number of hydrogen-bond donors (Lipinski definition) is 2. The van der Waals surface area contributed by atoms with Gasteiger partial charge in [0.15, 0.2) is 0 Å². The summed E-state index contributed by atoms with van der Waals surface area (Å²) >= 11 is 0. The molecule has 0 saturated carbocycles. The van der Waals surface area contributed by atoms with Crippen LogP contribution in [0.1, 0.15) is 19.4 Å². The minimum absolute atomic E-state index is 0.288. The Kier molecular flexibility index (Phi) is 5.12. The summed E-state index contributed by atoms with van der Waals surface area (Å²) < 4.78 is 5.49. The number of rotatable bonds is 7. The summed E-state index contributed by atoms with van der Waals surface area (Å²) in [6.45, 7) is 6.46. The molecule has 0 atom stereocenters. The molecule has 4 nitrogen and oxygen atoms in total. The highest BCUT2D eigenvalue weighted by Crippen LogP contribution is 2.20. The molecule has 0 unspecified atom stereocenters. The molecule has 2 aromatic rings. The Morgan fingerprint density at radius 3 is 2.79 bits per heavy atom. The van der Waals surface area contributed by atoms with Crippen molar-refractivity contribution in [3.8, 4) is 11.3 Å². The Hall–Kier alpha value is -1.65. The predicted octanol–water partition coefficient (Wildman–Crippen LogP) is 2.59. The molecular weight excluding hydrogens is 238 g/mol. The molecule has 102 valence electrons. The molecule has 0 spiro atoms. The van der Waals surface area contributed by atoms with Gasteiger partial charge in [-0.3, -0.25) is 5.10 Å². The van der Waals surface area contributed by atoms with Gasteiger partial charge in [0.25, 0.3) is 0 Å². The first-order valence-corrected chi connectivity index (χ1v) is 6.67. The largest absolute Gasteiger partial charge is 0.377 e. The standard InChI is InChI=1S/C15H21N3O/c1-12(2)19-9-8-16-10-14-11-17-18-15(14)13-6-4-3-5-7-13/h3-7,11-12,16H,8-10H2,1-2H3,(H,17,18). The molecule has 0 saturated heterocycles. The van der Waals surface area contributed by atoms with Crippen molar-refractivity contribution in [2.24, 2.45) is 0 Å². The molecule has 2 rings (SSSR count). The third kappa shape index (κ3) is 4.19. The van der Waals surface area contributed by atoms with Gasteiger partial charge in [0.1, 0.15) is 0 Å². The average Bonchev–Trinajstić information content (AvgIpc) is 2.87. The van der Waals surface area contributed by atoms with Crippen LogP contribution in [0, 0.1) is 0 Å². The van der Waals surface area contributed by atoms with Crippen LogP contribution in [0.2, 0.25) is 0 Å². The second-order valence-corrected chi connectivity index (χ2v) is 4.73. The van der Waals surface area contributed by atoms with Crippen LogP contribution < -0.4 is 5.32 Å². The Labute approximate surface area is 114 Å². The quantitative estimate of drug-likeness (QED) is 0.751. The lowest BCUT2D eigenvalue weighted by atomic mass is 10.1. The van der Waals surface area contributed by atoms with Gasteiger partial charge in [-0.15, -0.1) is 0 Å². The summed E-state index contributed by atoms with van der Waals surface area (Å²) in [4.78, 5) is 0. The molecule has 0 aliphatic heterocycles. The Morgan fingerprint density at radius 2 is 2.05 bits per heavy atom. The number of aromatic amines is 1. The van der Waals surface area contributed by atoms with Crippen molar-refractivity contribution >= 4 is 0 Å². The van der Waals surface area contributed by atoms with Crippen LogP contribution in [0.15, 0.2) is 36.5 Å². The first-order chi connectivity index (χ1) is 9.27. The lowest BCUT2D eigenvalue weighted by Gasteiger charge is -2.08. The molecule has 1 heterocycles. The zero-order valence-electron chi connectivity index (χ0n) is 11.5. The van der Waals surface area contributed by atoms with E-state index in [1.807, 2.05) is 38.2 Å². The number of hydrogen-bond acceptors (Lipinski definition) is 3. The number of aromatic nitrogens is 2. The van der Waals surface area contributed by atoms with Gasteiger partial charge in [0.05, 0.1) is 24.6 Å². The number of nitrogens with one attached hydrogen (secondary N) is 2. The fourth-order valence-electron chi connectivity index (χ4n) is 1.89. The lowest BCUT2D eigenvalue weighted by Crippen LogP contribution is -2.21. The smallest absolute Gasteiger partial charge is 0.0695 e. The first kappa shape index (κ1) is 13.8. The third-order valence-electron chi connectivity index (χ3n) is 2.83. The van der Waals surface area contributed by atoms with E-state index in [0.717, 1.165) is 31.0 Å². The zero-order valence-corrected chi connectivity index (χ0v) is 11.5. The molecule has 0 aliphatic rings. The van der Waals surface area contributed by atoms with Gasteiger partial charge in [-0.25, -0.2) is 0 Å². The van der Waals surface area contributed by atoms with Gasteiger partial charge in [-0.1, -0.05) is 30.3 Å². The highest BCUT2D eigenvalue weighted by Gasteiger charge is 2.06. The Bertz CT molecular complexity index is 479. The van der Waals surface area contributed by atoms with Crippen LogP contribution in [0.3, 0.4) is 0 Å².